The molecule has 2 N–H and O–H groups in total. The van der Waals surface area contributed by atoms with Crippen molar-refractivity contribution < 1.29 is 14.4 Å². The standard InChI is InChI=1S/C27H27N5O.C24H25N5O2/c28-12-23-9-10-24(22-13-29-32(17-22)15-18-3-1-2-4-18)26(30-23)20-7-8-21-16-31(14-19-5-6-19)27(33)25(21)11-20;1-28-13-17-7-6-16(10-20(17)24(28)31)22-19(8-9-21(27-22)23(25)30)18-11-26-29(14-18)12-15-4-2-3-5-15/h7-11,13,17-19H,1-6,14-16H2;6-11,14-15H,2-5,12-13H2,1H3,(H2,25,30). The molecule has 0 unspecified atom stereocenters. The van der Waals surface area contributed by atoms with E-state index in [-0.39, 0.29) is 17.5 Å². The zero-order valence-corrected chi connectivity index (χ0v) is 36.2. The van der Waals surface area contributed by atoms with E-state index in [0.29, 0.717) is 47.8 Å². The van der Waals surface area contributed by atoms with Crippen molar-refractivity contribution in [2.45, 2.75) is 90.4 Å². The van der Waals surface area contributed by atoms with Crippen molar-refractivity contribution in [3.05, 3.63) is 119 Å². The Bertz CT molecular complexity index is 2820. The number of primary amides is 1. The summed E-state index contributed by atoms with van der Waals surface area (Å²) in [7, 11) is 1.79. The van der Waals surface area contributed by atoms with Crippen LogP contribution in [0.1, 0.15) is 112 Å². The van der Waals surface area contributed by atoms with E-state index in [4.69, 9.17) is 5.73 Å². The van der Waals surface area contributed by atoms with Crippen LogP contribution in [0.25, 0.3) is 44.8 Å². The normalized spacial score (nSPS) is 17.1. The van der Waals surface area contributed by atoms with Crippen molar-refractivity contribution in [1.82, 2.24) is 39.3 Å². The summed E-state index contributed by atoms with van der Waals surface area (Å²) in [4.78, 5) is 50.2. The molecule has 2 aromatic carbocycles. The maximum Gasteiger partial charge on any atom is 0.267 e. The summed E-state index contributed by atoms with van der Waals surface area (Å²) < 4.78 is 4.04. The highest BCUT2D eigenvalue weighted by Gasteiger charge is 2.33. The molecule has 13 heteroatoms. The number of nitrogens with two attached hydrogens (primary N) is 1. The predicted octanol–water partition coefficient (Wildman–Crippen LogP) is 8.53. The minimum atomic E-state index is -0.582. The van der Waals surface area contributed by atoms with Crippen LogP contribution < -0.4 is 5.73 Å². The number of pyridine rings is 2. The molecule has 0 bridgehead atoms. The first-order valence-corrected chi connectivity index (χ1v) is 22.8. The van der Waals surface area contributed by atoms with Crippen LogP contribution in [0.2, 0.25) is 0 Å². The molecule has 64 heavy (non-hydrogen) atoms. The molecular weight excluding hydrogens is 801 g/mol. The van der Waals surface area contributed by atoms with Gasteiger partial charge in [0.05, 0.1) is 23.8 Å². The van der Waals surface area contributed by atoms with Crippen LogP contribution in [0.3, 0.4) is 0 Å². The van der Waals surface area contributed by atoms with E-state index >= 15 is 0 Å². The van der Waals surface area contributed by atoms with E-state index in [9.17, 15) is 19.6 Å². The van der Waals surface area contributed by atoms with Crippen molar-refractivity contribution in [2.75, 3.05) is 13.6 Å². The summed E-state index contributed by atoms with van der Waals surface area (Å²) >= 11 is 0. The number of fused-ring (bicyclic) bond motifs is 2. The zero-order valence-electron chi connectivity index (χ0n) is 36.2. The van der Waals surface area contributed by atoms with Crippen LogP contribution in [0, 0.1) is 29.1 Å². The lowest BCUT2D eigenvalue weighted by Crippen LogP contribution is -2.26. The summed E-state index contributed by atoms with van der Waals surface area (Å²) in [5.41, 5.74) is 16.3. The number of hydrogen-bond acceptors (Lipinski definition) is 8. The highest BCUT2D eigenvalue weighted by molar-refractivity contribution is 6.01. The predicted molar refractivity (Wildman–Crippen MR) is 242 cm³/mol. The SMILES string of the molecule is CN1Cc2ccc(-c3nc(C(N)=O)ccc3-c3cnn(CC4CCCC4)c3)cc2C1=O.N#Cc1ccc(-c2cnn(CC3CCCC3)c2)c(-c2ccc3c(c2)C(=O)N(CC2CC2)C3)n1. The lowest BCUT2D eigenvalue weighted by molar-refractivity contribution is 0.0769. The quantitative estimate of drug-likeness (QED) is 0.135. The zero-order chi connectivity index (χ0) is 43.9. The summed E-state index contributed by atoms with van der Waals surface area (Å²) in [6.45, 7) is 4.02. The Labute approximate surface area is 372 Å². The molecule has 324 valence electrons. The molecule has 4 aromatic heterocycles. The van der Waals surface area contributed by atoms with Gasteiger partial charge in [0, 0.05) is 96.7 Å². The minimum Gasteiger partial charge on any atom is -0.364 e. The van der Waals surface area contributed by atoms with E-state index in [1.54, 1.807) is 24.1 Å². The second kappa shape index (κ2) is 17.3. The lowest BCUT2D eigenvalue weighted by Gasteiger charge is -2.14. The molecule has 0 saturated heterocycles. The number of carbonyl (C=O) groups is 3. The number of amides is 3. The molecule has 3 saturated carbocycles. The number of aromatic nitrogens is 6. The fourth-order valence-corrected chi connectivity index (χ4v) is 10.0. The average Bonchev–Trinajstić information content (AvgIpc) is 3.99. The van der Waals surface area contributed by atoms with E-state index in [0.717, 1.165) is 75.4 Å². The minimum absolute atomic E-state index is 0.00570. The largest absolute Gasteiger partial charge is 0.364 e. The molecule has 0 spiro atoms. The van der Waals surface area contributed by atoms with E-state index in [2.05, 4.69) is 32.4 Å². The Balaban J connectivity index is 0.000000152. The summed E-state index contributed by atoms with van der Waals surface area (Å²) in [5, 5.41) is 18.6. The monoisotopic (exact) mass is 852 g/mol. The lowest BCUT2D eigenvalue weighted by atomic mass is 9.98. The number of nitrogens with zero attached hydrogens (tertiary/aromatic N) is 9. The third-order valence-electron chi connectivity index (χ3n) is 13.7. The summed E-state index contributed by atoms with van der Waals surface area (Å²) in [5.74, 6) is 1.58. The van der Waals surface area contributed by atoms with Crippen LogP contribution in [0.15, 0.2) is 85.5 Å². The molecule has 5 aliphatic rings. The topological polar surface area (TPSA) is 169 Å². The van der Waals surface area contributed by atoms with Crippen LogP contribution in [0.5, 0.6) is 0 Å². The van der Waals surface area contributed by atoms with Gasteiger partial charge in [0.15, 0.2) is 0 Å². The first-order chi connectivity index (χ1) is 31.2. The number of nitriles is 1. The maximum absolute atomic E-state index is 13.0. The van der Waals surface area contributed by atoms with Crippen molar-refractivity contribution in [3.8, 4) is 50.8 Å². The molecule has 13 nitrogen and oxygen atoms in total. The van der Waals surface area contributed by atoms with Crippen molar-refractivity contribution in [1.29, 1.82) is 5.26 Å². The van der Waals surface area contributed by atoms with Crippen molar-refractivity contribution in [2.24, 2.45) is 23.5 Å². The Morgan fingerprint density at radius 3 is 1.73 bits per heavy atom. The molecule has 3 fully saturated rings. The molecular formula is C51H52N10O3. The number of rotatable bonds is 11. The van der Waals surface area contributed by atoms with Gasteiger partial charge in [-0.2, -0.15) is 15.5 Å². The molecule has 3 amide bonds. The number of hydrogen-bond donors (Lipinski definition) is 1. The molecule has 11 rings (SSSR count). The maximum atomic E-state index is 13.0. The van der Waals surface area contributed by atoms with Gasteiger partial charge in [0.25, 0.3) is 17.7 Å². The summed E-state index contributed by atoms with van der Waals surface area (Å²) in [6.07, 6.45) is 20.6. The van der Waals surface area contributed by atoms with Gasteiger partial charge in [-0.05, 0) is 104 Å². The van der Waals surface area contributed by atoms with Gasteiger partial charge in [0.1, 0.15) is 17.5 Å². The molecule has 6 heterocycles. The second-order valence-corrected chi connectivity index (χ2v) is 18.4. The van der Waals surface area contributed by atoms with Gasteiger partial charge in [-0.15, -0.1) is 0 Å². The van der Waals surface area contributed by atoms with Crippen molar-refractivity contribution >= 4 is 17.7 Å². The van der Waals surface area contributed by atoms with Gasteiger partial charge in [-0.1, -0.05) is 49.9 Å². The Hall–Kier alpha value is -6.94. The van der Waals surface area contributed by atoms with E-state index in [1.807, 2.05) is 81.4 Å². The smallest absolute Gasteiger partial charge is 0.267 e. The van der Waals surface area contributed by atoms with Crippen molar-refractivity contribution in [3.63, 3.8) is 0 Å². The molecule has 3 aliphatic carbocycles. The summed E-state index contributed by atoms with van der Waals surface area (Å²) in [6, 6.07) is 21.2. The van der Waals surface area contributed by atoms with Crippen LogP contribution >= 0.6 is 0 Å². The highest BCUT2D eigenvalue weighted by Crippen LogP contribution is 2.38. The van der Waals surface area contributed by atoms with Crippen LogP contribution in [-0.4, -0.2) is 70.6 Å². The second-order valence-electron chi connectivity index (χ2n) is 18.4. The van der Waals surface area contributed by atoms with E-state index < -0.39 is 5.91 Å². The Morgan fingerprint density at radius 2 is 1.17 bits per heavy atom. The number of benzene rings is 2. The van der Waals surface area contributed by atoms with Gasteiger partial charge in [-0.25, -0.2) is 9.97 Å². The highest BCUT2D eigenvalue weighted by atomic mass is 16.2. The van der Waals surface area contributed by atoms with Gasteiger partial charge >= 0.3 is 0 Å². The molecule has 0 radical (unpaired) electrons. The fraction of sp³-hybridized carbons (Fsp3) is 0.373. The fourth-order valence-electron chi connectivity index (χ4n) is 10.0. The third-order valence-corrected chi connectivity index (χ3v) is 13.7. The first-order valence-electron chi connectivity index (χ1n) is 22.8. The van der Waals surface area contributed by atoms with Gasteiger partial charge < -0.3 is 15.5 Å². The molecule has 0 atom stereocenters. The molecule has 2 aliphatic heterocycles. The third kappa shape index (κ3) is 8.44. The van der Waals surface area contributed by atoms with Gasteiger partial charge in [-0.3, -0.25) is 23.7 Å². The van der Waals surface area contributed by atoms with Crippen LogP contribution in [0.4, 0.5) is 0 Å². The van der Waals surface area contributed by atoms with Gasteiger partial charge in [0.2, 0.25) is 0 Å². The average molecular weight is 853 g/mol. The Morgan fingerprint density at radius 1 is 0.641 bits per heavy atom. The molecule has 6 aromatic rings. The number of carbonyl (C=O) groups excluding carboxylic acids is 3. The Kier molecular flexibility index (Phi) is 11.1. The van der Waals surface area contributed by atoms with Crippen LogP contribution in [-0.2, 0) is 26.2 Å². The van der Waals surface area contributed by atoms with E-state index in [1.165, 1.54) is 64.2 Å². The first kappa shape index (κ1) is 41.1.